The number of aromatic nitrogens is 1. The lowest BCUT2D eigenvalue weighted by atomic mass is 10.0. The van der Waals surface area contributed by atoms with E-state index in [1.165, 1.54) is 5.56 Å². The van der Waals surface area contributed by atoms with Crippen LogP contribution in [0.15, 0.2) is 104 Å². The second-order valence-corrected chi connectivity index (χ2v) is 7.11. The van der Waals surface area contributed by atoms with Crippen molar-refractivity contribution in [1.29, 1.82) is 0 Å². The van der Waals surface area contributed by atoms with Gasteiger partial charge in [0, 0.05) is 30.5 Å². The Balaban J connectivity index is 1.61. The fourth-order valence-electron chi connectivity index (χ4n) is 3.68. The van der Waals surface area contributed by atoms with Crippen molar-refractivity contribution in [2.45, 2.75) is 13.1 Å². The first-order chi connectivity index (χ1) is 14.3. The van der Waals surface area contributed by atoms with Crippen LogP contribution in [0.4, 0.5) is 0 Å². The fraction of sp³-hybridized carbons (Fsp3) is 0.115. The molecular weight excluding hydrogens is 356 g/mol. The molecule has 4 rings (SSSR count). The Labute approximate surface area is 171 Å². The highest BCUT2D eigenvalue weighted by atomic mass is 16.2. The van der Waals surface area contributed by atoms with Crippen LogP contribution in [0.1, 0.15) is 21.6 Å². The van der Waals surface area contributed by atoms with Gasteiger partial charge in [-0.2, -0.15) is 0 Å². The van der Waals surface area contributed by atoms with Crippen molar-refractivity contribution in [2.75, 3.05) is 6.54 Å². The topological polar surface area (TPSA) is 25.2 Å². The molecule has 0 aliphatic carbocycles. The second kappa shape index (κ2) is 8.61. The Morgan fingerprint density at radius 1 is 0.897 bits per heavy atom. The molecule has 4 aromatic rings. The molecule has 29 heavy (non-hydrogen) atoms. The number of amides is 1. The predicted molar refractivity (Wildman–Crippen MR) is 119 cm³/mol. The molecule has 1 heterocycles. The van der Waals surface area contributed by atoms with Crippen molar-refractivity contribution in [2.24, 2.45) is 0 Å². The first-order valence-corrected chi connectivity index (χ1v) is 9.82. The molecule has 0 bridgehead atoms. The molecule has 0 aliphatic rings. The molecule has 3 nitrogen and oxygen atoms in total. The standard InChI is InChI=1S/C26H24N2O/c1-2-17-28(26(29)25-16-8-13-22-12-6-7-15-24(22)25)20-23-14-9-18-27(23)19-21-10-4-3-5-11-21/h2-16,18H,1,17,19-20H2. The molecule has 0 unspecified atom stereocenters. The summed E-state index contributed by atoms with van der Waals surface area (Å²) in [5.74, 6) is 0.0224. The van der Waals surface area contributed by atoms with E-state index in [9.17, 15) is 4.79 Å². The summed E-state index contributed by atoms with van der Waals surface area (Å²) in [6.07, 6.45) is 3.85. The molecule has 0 fully saturated rings. The Kier molecular flexibility index (Phi) is 5.57. The zero-order valence-electron chi connectivity index (χ0n) is 16.4. The lowest BCUT2D eigenvalue weighted by molar-refractivity contribution is 0.0761. The monoisotopic (exact) mass is 380 g/mol. The average Bonchev–Trinajstić information content (AvgIpc) is 3.20. The van der Waals surface area contributed by atoms with Gasteiger partial charge in [-0.3, -0.25) is 4.79 Å². The van der Waals surface area contributed by atoms with Crippen molar-refractivity contribution in [3.8, 4) is 0 Å². The number of fused-ring (bicyclic) bond motifs is 1. The van der Waals surface area contributed by atoms with Crippen molar-refractivity contribution < 1.29 is 4.79 Å². The number of nitrogens with zero attached hydrogens (tertiary/aromatic N) is 2. The van der Waals surface area contributed by atoms with Gasteiger partial charge in [0.25, 0.3) is 5.91 Å². The van der Waals surface area contributed by atoms with Crippen molar-refractivity contribution in [1.82, 2.24) is 9.47 Å². The summed E-state index contributed by atoms with van der Waals surface area (Å²) < 4.78 is 2.20. The third-order valence-electron chi connectivity index (χ3n) is 5.13. The van der Waals surface area contributed by atoms with E-state index in [1.54, 1.807) is 6.08 Å². The third-order valence-corrected chi connectivity index (χ3v) is 5.13. The summed E-state index contributed by atoms with van der Waals surface area (Å²) >= 11 is 0. The lowest BCUT2D eigenvalue weighted by Crippen LogP contribution is -2.31. The van der Waals surface area contributed by atoms with Gasteiger partial charge in [0.05, 0.1) is 6.54 Å². The molecule has 0 spiro atoms. The maximum absolute atomic E-state index is 13.4. The Morgan fingerprint density at radius 3 is 2.48 bits per heavy atom. The molecule has 144 valence electrons. The second-order valence-electron chi connectivity index (χ2n) is 7.11. The zero-order chi connectivity index (χ0) is 20.1. The average molecular weight is 380 g/mol. The highest BCUT2D eigenvalue weighted by Crippen LogP contribution is 2.21. The van der Waals surface area contributed by atoms with Gasteiger partial charge < -0.3 is 9.47 Å². The van der Waals surface area contributed by atoms with Gasteiger partial charge in [0.2, 0.25) is 0 Å². The molecule has 0 radical (unpaired) electrons. The number of hydrogen-bond acceptors (Lipinski definition) is 1. The third kappa shape index (κ3) is 4.14. The minimum Gasteiger partial charge on any atom is -0.345 e. The summed E-state index contributed by atoms with van der Waals surface area (Å²) in [5, 5.41) is 2.05. The quantitative estimate of drug-likeness (QED) is 0.388. The largest absolute Gasteiger partial charge is 0.345 e. The van der Waals surface area contributed by atoms with Gasteiger partial charge in [-0.05, 0) is 34.5 Å². The van der Waals surface area contributed by atoms with Gasteiger partial charge >= 0.3 is 0 Å². The van der Waals surface area contributed by atoms with Crippen LogP contribution in [-0.4, -0.2) is 21.9 Å². The van der Waals surface area contributed by atoms with Crippen LogP contribution in [0.5, 0.6) is 0 Å². The number of carbonyl (C=O) groups excluding carboxylic acids is 1. The van der Waals surface area contributed by atoms with E-state index in [4.69, 9.17) is 0 Å². The van der Waals surface area contributed by atoms with Crippen LogP contribution < -0.4 is 0 Å². The normalized spacial score (nSPS) is 10.8. The van der Waals surface area contributed by atoms with Crippen LogP contribution in [0, 0.1) is 0 Å². The summed E-state index contributed by atoms with van der Waals surface area (Å²) in [6.45, 7) is 5.68. The maximum Gasteiger partial charge on any atom is 0.255 e. The maximum atomic E-state index is 13.4. The van der Waals surface area contributed by atoms with E-state index < -0.39 is 0 Å². The molecule has 0 saturated heterocycles. The molecule has 3 heteroatoms. The van der Waals surface area contributed by atoms with Gasteiger partial charge in [-0.15, -0.1) is 6.58 Å². The molecule has 3 aromatic carbocycles. The van der Waals surface area contributed by atoms with E-state index in [0.29, 0.717) is 13.1 Å². The fourth-order valence-corrected chi connectivity index (χ4v) is 3.68. The van der Waals surface area contributed by atoms with Crippen LogP contribution in [0.25, 0.3) is 10.8 Å². The van der Waals surface area contributed by atoms with Crippen LogP contribution in [0.3, 0.4) is 0 Å². The van der Waals surface area contributed by atoms with Crippen LogP contribution in [-0.2, 0) is 13.1 Å². The molecule has 1 amide bonds. The van der Waals surface area contributed by atoms with E-state index >= 15 is 0 Å². The SMILES string of the molecule is C=CCN(Cc1cccn1Cc1ccccc1)C(=O)c1cccc2ccccc12. The predicted octanol–water partition coefficient (Wildman–Crippen LogP) is 5.52. The number of benzene rings is 3. The number of hydrogen-bond donors (Lipinski definition) is 0. The zero-order valence-corrected chi connectivity index (χ0v) is 16.4. The molecule has 0 aliphatic heterocycles. The lowest BCUT2D eigenvalue weighted by Gasteiger charge is -2.23. The summed E-state index contributed by atoms with van der Waals surface area (Å²) in [4.78, 5) is 15.3. The van der Waals surface area contributed by atoms with Gasteiger partial charge in [-0.25, -0.2) is 0 Å². The van der Waals surface area contributed by atoms with Gasteiger partial charge in [0.15, 0.2) is 0 Å². The van der Waals surface area contributed by atoms with Crippen molar-refractivity contribution >= 4 is 16.7 Å². The van der Waals surface area contributed by atoms with E-state index in [1.807, 2.05) is 71.6 Å². The Morgan fingerprint density at radius 2 is 1.66 bits per heavy atom. The van der Waals surface area contributed by atoms with E-state index in [0.717, 1.165) is 28.6 Å². The van der Waals surface area contributed by atoms with E-state index in [-0.39, 0.29) is 5.91 Å². The summed E-state index contributed by atoms with van der Waals surface area (Å²) in [5.41, 5.74) is 3.07. The van der Waals surface area contributed by atoms with E-state index in [2.05, 4.69) is 35.5 Å². The van der Waals surface area contributed by atoms with Crippen LogP contribution in [0.2, 0.25) is 0 Å². The first-order valence-electron chi connectivity index (χ1n) is 9.82. The molecule has 1 aromatic heterocycles. The molecule has 0 atom stereocenters. The van der Waals surface area contributed by atoms with Crippen molar-refractivity contribution in [3.63, 3.8) is 0 Å². The van der Waals surface area contributed by atoms with Gasteiger partial charge in [-0.1, -0.05) is 72.8 Å². The summed E-state index contributed by atoms with van der Waals surface area (Å²) in [7, 11) is 0. The van der Waals surface area contributed by atoms with Crippen LogP contribution >= 0.6 is 0 Å². The Hall–Kier alpha value is -3.59. The Bertz CT molecular complexity index is 1120. The molecule has 0 saturated carbocycles. The number of rotatable bonds is 7. The highest BCUT2D eigenvalue weighted by Gasteiger charge is 2.18. The highest BCUT2D eigenvalue weighted by molar-refractivity contribution is 6.07. The van der Waals surface area contributed by atoms with Crippen molar-refractivity contribution in [3.05, 3.63) is 121 Å². The number of carbonyl (C=O) groups is 1. The minimum absolute atomic E-state index is 0.0224. The minimum atomic E-state index is 0.0224. The first kappa shape index (κ1) is 18.8. The smallest absolute Gasteiger partial charge is 0.255 e. The molecular formula is C26H24N2O. The molecule has 0 N–H and O–H groups in total. The summed E-state index contributed by atoms with van der Waals surface area (Å²) in [6, 6.07) is 28.4. The van der Waals surface area contributed by atoms with Gasteiger partial charge in [0.1, 0.15) is 0 Å².